The first-order chi connectivity index (χ1) is 9.26. The molecule has 1 spiro atoms. The zero-order valence-corrected chi connectivity index (χ0v) is 12.6. The molecule has 19 heavy (non-hydrogen) atoms. The standard InChI is InChI=1S/C17H31NO/c1-14-5-4-6-15(8-7-14)18-16-9-12-19-17(13-16)10-2-3-11-17/h14-16,18H,2-13H2,1H3. The second-order valence-electron chi connectivity index (χ2n) is 7.41. The Labute approximate surface area is 118 Å². The average molecular weight is 265 g/mol. The largest absolute Gasteiger partial charge is 0.375 e. The Morgan fingerprint density at radius 1 is 0.895 bits per heavy atom. The van der Waals surface area contributed by atoms with Gasteiger partial charge in [-0.3, -0.25) is 0 Å². The van der Waals surface area contributed by atoms with Gasteiger partial charge in [0.25, 0.3) is 0 Å². The minimum absolute atomic E-state index is 0.272. The molecule has 110 valence electrons. The first-order valence-corrected chi connectivity index (χ1v) is 8.66. The highest BCUT2D eigenvalue weighted by atomic mass is 16.5. The van der Waals surface area contributed by atoms with Crippen molar-refractivity contribution in [2.75, 3.05) is 6.61 Å². The average Bonchev–Trinajstić information content (AvgIpc) is 2.73. The lowest BCUT2D eigenvalue weighted by molar-refractivity contribution is -0.0848. The van der Waals surface area contributed by atoms with E-state index in [1.165, 1.54) is 70.6 Å². The van der Waals surface area contributed by atoms with E-state index in [0.717, 1.165) is 24.6 Å². The van der Waals surface area contributed by atoms with Gasteiger partial charge in [0.1, 0.15) is 0 Å². The summed E-state index contributed by atoms with van der Waals surface area (Å²) in [4.78, 5) is 0. The van der Waals surface area contributed by atoms with Crippen LogP contribution in [0.5, 0.6) is 0 Å². The van der Waals surface area contributed by atoms with E-state index in [2.05, 4.69) is 12.2 Å². The molecule has 2 saturated carbocycles. The van der Waals surface area contributed by atoms with Crippen LogP contribution in [0.15, 0.2) is 0 Å². The quantitative estimate of drug-likeness (QED) is 0.761. The third kappa shape index (κ3) is 3.52. The zero-order chi connectivity index (χ0) is 13.1. The zero-order valence-electron chi connectivity index (χ0n) is 12.6. The van der Waals surface area contributed by atoms with Crippen LogP contribution in [0.25, 0.3) is 0 Å². The molecule has 0 bridgehead atoms. The van der Waals surface area contributed by atoms with E-state index in [1.54, 1.807) is 0 Å². The van der Waals surface area contributed by atoms with Crippen molar-refractivity contribution in [2.24, 2.45) is 5.92 Å². The lowest BCUT2D eigenvalue weighted by Gasteiger charge is -2.40. The number of ether oxygens (including phenoxy) is 1. The molecule has 3 unspecified atom stereocenters. The van der Waals surface area contributed by atoms with Gasteiger partial charge in [-0.25, -0.2) is 0 Å². The van der Waals surface area contributed by atoms with E-state index in [1.807, 2.05) is 0 Å². The molecule has 3 atom stereocenters. The fraction of sp³-hybridized carbons (Fsp3) is 1.00. The van der Waals surface area contributed by atoms with Crippen LogP contribution < -0.4 is 5.32 Å². The van der Waals surface area contributed by atoms with Gasteiger partial charge in [0.05, 0.1) is 5.60 Å². The van der Waals surface area contributed by atoms with Gasteiger partial charge in [0.2, 0.25) is 0 Å². The topological polar surface area (TPSA) is 21.3 Å². The Hall–Kier alpha value is -0.0800. The third-order valence-corrected chi connectivity index (χ3v) is 5.74. The fourth-order valence-corrected chi connectivity index (χ4v) is 4.52. The fourth-order valence-electron chi connectivity index (χ4n) is 4.52. The summed E-state index contributed by atoms with van der Waals surface area (Å²) in [5.41, 5.74) is 0.272. The molecule has 0 radical (unpaired) electrons. The Kier molecular flexibility index (Phi) is 4.48. The first-order valence-electron chi connectivity index (χ1n) is 8.66. The molecule has 3 fully saturated rings. The molecule has 0 aromatic carbocycles. The number of hydrogen-bond donors (Lipinski definition) is 1. The molecule has 1 saturated heterocycles. The van der Waals surface area contributed by atoms with E-state index in [-0.39, 0.29) is 5.60 Å². The number of nitrogens with one attached hydrogen (secondary N) is 1. The predicted molar refractivity (Wildman–Crippen MR) is 79.3 cm³/mol. The number of rotatable bonds is 2. The second-order valence-corrected chi connectivity index (χ2v) is 7.41. The van der Waals surface area contributed by atoms with Crippen molar-refractivity contribution >= 4 is 0 Å². The maximum absolute atomic E-state index is 6.15. The molecule has 0 aromatic rings. The highest BCUT2D eigenvalue weighted by molar-refractivity contribution is 4.94. The molecule has 2 heteroatoms. The van der Waals surface area contributed by atoms with Crippen LogP contribution in [-0.4, -0.2) is 24.3 Å². The minimum Gasteiger partial charge on any atom is -0.375 e. The van der Waals surface area contributed by atoms with Crippen molar-refractivity contribution in [3.8, 4) is 0 Å². The van der Waals surface area contributed by atoms with E-state index in [9.17, 15) is 0 Å². The monoisotopic (exact) mass is 265 g/mol. The van der Waals surface area contributed by atoms with Gasteiger partial charge in [-0.15, -0.1) is 0 Å². The van der Waals surface area contributed by atoms with Crippen LogP contribution in [0.4, 0.5) is 0 Å². The van der Waals surface area contributed by atoms with Crippen molar-refractivity contribution in [1.29, 1.82) is 0 Å². The van der Waals surface area contributed by atoms with Crippen LogP contribution in [0.2, 0.25) is 0 Å². The smallest absolute Gasteiger partial charge is 0.0697 e. The molecule has 0 aromatic heterocycles. The SMILES string of the molecule is CC1CCCC(NC2CCOC3(CCCC3)C2)CC1. The van der Waals surface area contributed by atoms with Gasteiger partial charge in [0.15, 0.2) is 0 Å². The van der Waals surface area contributed by atoms with Crippen molar-refractivity contribution in [2.45, 2.75) is 95.2 Å². The van der Waals surface area contributed by atoms with Crippen LogP contribution in [-0.2, 0) is 4.74 Å². The van der Waals surface area contributed by atoms with E-state index >= 15 is 0 Å². The van der Waals surface area contributed by atoms with E-state index < -0.39 is 0 Å². The maximum atomic E-state index is 6.15. The summed E-state index contributed by atoms with van der Waals surface area (Å²) in [7, 11) is 0. The molecule has 1 aliphatic heterocycles. The van der Waals surface area contributed by atoms with Crippen molar-refractivity contribution in [1.82, 2.24) is 5.32 Å². The van der Waals surface area contributed by atoms with Gasteiger partial charge in [-0.05, 0) is 50.9 Å². The molecule has 0 amide bonds. The minimum atomic E-state index is 0.272. The van der Waals surface area contributed by atoms with Gasteiger partial charge < -0.3 is 10.1 Å². The van der Waals surface area contributed by atoms with Gasteiger partial charge in [-0.1, -0.05) is 32.6 Å². The van der Waals surface area contributed by atoms with Crippen LogP contribution in [0.1, 0.15) is 77.6 Å². The summed E-state index contributed by atoms with van der Waals surface area (Å²) in [5.74, 6) is 0.947. The molecule has 1 heterocycles. The Balaban J connectivity index is 1.51. The first kappa shape index (κ1) is 13.9. The Bertz CT molecular complexity index is 285. The summed E-state index contributed by atoms with van der Waals surface area (Å²) in [6.07, 6.45) is 15.0. The van der Waals surface area contributed by atoms with Crippen molar-refractivity contribution < 1.29 is 4.74 Å². The molecular formula is C17H31NO. The Morgan fingerprint density at radius 2 is 1.74 bits per heavy atom. The highest BCUT2D eigenvalue weighted by Gasteiger charge is 2.40. The highest BCUT2D eigenvalue weighted by Crippen LogP contribution is 2.40. The summed E-state index contributed by atoms with van der Waals surface area (Å²) < 4.78 is 6.15. The van der Waals surface area contributed by atoms with Crippen LogP contribution >= 0.6 is 0 Å². The summed E-state index contributed by atoms with van der Waals surface area (Å²) >= 11 is 0. The molecule has 2 nitrogen and oxygen atoms in total. The lowest BCUT2D eigenvalue weighted by Crippen LogP contribution is -2.48. The third-order valence-electron chi connectivity index (χ3n) is 5.74. The molecule has 3 aliphatic rings. The molecular weight excluding hydrogens is 234 g/mol. The molecule has 2 aliphatic carbocycles. The van der Waals surface area contributed by atoms with E-state index in [0.29, 0.717) is 0 Å². The maximum Gasteiger partial charge on any atom is 0.0697 e. The predicted octanol–water partition coefficient (Wildman–Crippen LogP) is 4.04. The Morgan fingerprint density at radius 3 is 2.58 bits per heavy atom. The molecule has 1 N–H and O–H groups in total. The van der Waals surface area contributed by atoms with Crippen molar-refractivity contribution in [3.05, 3.63) is 0 Å². The van der Waals surface area contributed by atoms with Crippen LogP contribution in [0.3, 0.4) is 0 Å². The van der Waals surface area contributed by atoms with Gasteiger partial charge in [-0.2, -0.15) is 0 Å². The van der Waals surface area contributed by atoms with Crippen LogP contribution in [0, 0.1) is 5.92 Å². The second kappa shape index (κ2) is 6.13. The van der Waals surface area contributed by atoms with Gasteiger partial charge >= 0.3 is 0 Å². The summed E-state index contributed by atoms with van der Waals surface area (Å²) in [6, 6.07) is 1.51. The number of hydrogen-bond acceptors (Lipinski definition) is 2. The normalized spacial score (nSPS) is 39.3. The molecule has 3 rings (SSSR count). The van der Waals surface area contributed by atoms with Crippen molar-refractivity contribution in [3.63, 3.8) is 0 Å². The van der Waals surface area contributed by atoms with E-state index in [4.69, 9.17) is 4.74 Å². The summed E-state index contributed by atoms with van der Waals surface area (Å²) in [6.45, 7) is 3.41. The van der Waals surface area contributed by atoms with Gasteiger partial charge in [0, 0.05) is 18.7 Å². The summed E-state index contributed by atoms with van der Waals surface area (Å²) in [5, 5.41) is 3.99. The lowest BCUT2D eigenvalue weighted by atomic mass is 9.88.